The van der Waals surface area contributed by atoms with Crippen molar-refractivity contribution in [3.05, 3.63) is 35.9 Å². The predicted octanol–water partition coefficient (Wildman–Crippen LogP) is 1.41. The smallest absolute Gasteiger partial charge is 0.308 e. The zero-order valence-electron chi connectivity index (χ0n) is 10.4. The number of hydrogen-bond acceptors (Lipinski definition) is 3. The number of carbonyl (C=O) groups is 2. The summed E-state index contributed by atoms with van der Waals surface area (Å²) in [6.45, 7) is 3.18. The van der Waals surface area contributed by atoms with Crippen LogP contribution in [0, 0.1) is 11.8 Å². The summed E-state index contributed by atoms with van der Waals surface area (Å²) in [5.41, 5.74) is 1.14. The van der Waals surface area contributed by atoms with E-state index in [0.29, 0.717) is 19.6 Å². The lowest BCUT2D eigenvalue weighted by atomic mass is 9.93. The highest BCUT2D eigenvalue weighted by molar-refractivity contribution is 5.85. The molecule has 0 spiro atoms. The third-order valence-corrected chi connectivity index (χ3v) is 3.48. The van der Waals surface area contributed by atoms with Gasteiger partial charge >= 0.3 is 5.97 Å². The van der Waals surface area contributed by atoms with Crippen molar-refractivity contribution in [1.29, 1.82) is 0 Å². The second-order valence-corrected chi connectivity index (χ2v) is 4.84. The number of carbonyl (C=O) groups excluding carboxylic acids is 1. The Labute approximate surface area is 106 Å². The molecule has 4 heteroatoms. The molecule has 1 heterocycles. The molecule has 4 nitrogen and oxygen atoms in total. The van der Waals surface area contributed by atoms with E-state index in [2.05, 4.69) is 0 Å². The quantitative estimate of drug-likeness (QED) is 0.874. The normalized spacial score (nSPS) is 24.1. The Morgan fingerprint density at radius 2 is 1.83 bits per heavy atom. The monoisotopic (exact) mass is 247 g/mol. The molecular weight excluding hydrogens is 230 g/mol. The highest BCUT2D eigenvalue weighted by Gasteiger charge is 2.39. The van der Waals surface area contributed by atoms with Gasteiger partial charge in [0.1, 0.15) is 5.78 Å². The summed E-state index contributed by atoms with van der Waals surface area (Å²) in [5, 5.41) is 9.14. The third-order valence-electron chi connectivity index (χ3n) is 3.48. The van der Waals surface area contributed by atoms with E-state index in [9.17, 15) is 9.59 Å². The predicted molar refractivity (Wildman–Crippen MR) is 67.0 cm³/mol. The van der Waals surface area contributed by atoms with Crippen molar-refractivity contribution in [2.75, 3.05) is 13.1 Å². The SMILES string of the molecule is CC(=O)[C@H]1CN(Cc2ccccc2)C[C@H]1C(=O)O. The molecule has 0 aliphatic carbocycles. The summed E-state index contributed by atoms with van der Waals surface area (Å²) in [7, 11) is 0. The first-order chi connectivity index (χ1) is 8.58. The van der Waals surface area contributed by atoms with Gasteiger partial charge in [0.15, 0.2) is 0 Å². The maximum atomic E-state index is 11.5. The van der Waals surface area contributed by atoms with E-state index in [1.807, 2.05) is 35.2 Å². The average molecular weight is 247 g/mol. The first-order valence-electron chi connectivity index (χ1n) is 6.07. The second-order valence-electron chi connectivity index (χ2n) is 4.84. The number of rotatable bonds is 4. The summed E-state index contributed by atoms with van der Waals surface area (Å²) in [6, 6.07) is 9.89. The molecule has 1 aliphatic heterocycles. The molecule has 2 rings (SSSR count). The Kier molecular flexibility index (Phi) is 3.77. The molecule has 1 aliphatic rings. The maximum Gasteiger partial charge on any atom is 0.308 e. The van der Waals surface area contributed by atoms with Crippen LogP contribution in [-0.4, -0.2) is 34.8 Å². The Balaban J connectivity index is 2.05. The molecule has 0 unspecified atom stereocenters. The average Bonchev–Trinajstić information content (AvgIpc) is 2.74. The van der Waals surface area contributed by atoms with Crippen molar-refractivity contribution in [2.45, 2.75) is 13.5 Å². The van der Waals surface area contributed by atoms with Crippen LogP contribution in [0.2, 0.25) is 0 Å². The van der Waals surface area contributed by atoms with Gasteiger partial charge in [0.05, 0.1) is 5.92 Å². The third kappa shape index (κ3) is 2.76. The second kappa shape index (κ2) is 5.31. The highest BCUT2D eigenvalue weighted by atomic mass is 16.4. The Morgan fingerprint density at radius 3 is 2.33 bits per heavy atom. The lowest BCUT2D eigenvalue weighted by Gasteiger charge is -2.14. The molecule has 0 amide bonds. The highest BCUT2D eigenvalue weighted by Crippen LogP contribution is 2.25. The molecule has 1 fully saturated rings. The minimum atomic E-state index is -0.870. The van der Waals surface area contributed by atoms with Gasteiger partial charge in [-0.2, -0.15) is 0 Å². The summed E-state index contributed by atoms with van der Waals surface area (Å²) in [4.78, 5) is 24.6. The van der Waals surface area contributed by atoms with E-state index in [-0.39, 0.29) is 11.7 Å². The van der Waals surface area contributed by atoms with Crippen LogP contribution in [-0.2, 0) is 16.1 Å². The van der Waals surface area contributed by atoms with E-state index in [4.69, 9.17) is 5.11 Å². The Hall–Kier alpha value is -1.68. The van der Waals surface area contributed by atoms with Crippen molar-refractivity contribution in [3.63, 3.8) is 0 Å². The van der Waals surface area contributed by atoms with E-state index >= 15 is 0 Å². The van der Waals surface area contributed by atoms with Crippen molar-refractivity contribution in [3.8, 4) is 0 Å². The fourth-order valence-electron chi connectivity index (χ4n) is 2.52. The van der Waals surface area contributed by atoms with E-state index in [1.54, 1.807) is 0 Å². The number of likely N-dealkylation sites (tertiary alicyclic amines) is 1. The van der Waals surface area contributed by atoms with Crippen LogP contribution in [0.1, 0.15) is 12.5 Å². The van der Waals surface area contributed by atoms with Crippen LogP contribution >= 0.6 is 0 Å². The molecule has 1 aromatic carbocycles. The number of nitrogens with zero attached hydrogens (tertiary/aromatic N) is 1. The van der Waals surface area contributed by atoms with Gasteiger partial charge in [0.2, 0.25) is 0 Å². The lowest BCUT2D eigenvalue weighted by Crippen LogP contribution is -2.26. The van der Waals surface area contributed by atoms with Crippen LogP contribution in [0.4, 0.5) is 0 Å². The van der Waals surface area contributed by atoms with Gasteiger partial charge < -0.3 is 5.11 Å². The van der Waals surface area contributed by atoms with E-state index in [1.165, 1.54) is 6.92 Å². The molecule has 96 valence electrons. The van der Waals surface area contributed by atoms with Gasteiger partial charge in [-0.25, -0.2) is 0 Å². The van der Waals surface area contributed by atoms with E-state index in [0.717, 1.165) is 5.56 Å². The molecular formula is C14H17NO3. The van der Waals surface area contributed by atoms with Gasteiger partial charge in [-0.1, -0.05) is 30.3 Å². The first-order valence-corrected chi connectivity index (χ1v) is 6.07. The van der Waals surface area contributed by atoms with Gasteiger partial charge in [0.25, 0.3) is 0 Å². The molecule has 0 aromatic heterocycles. The largest absolute Gasteiger partial charge is 0.481 e. The number of carboxylic acid groups (broad SMARTS) is 1. The van der Waals surface area contributed by atoms with Crippen LogP contribution in [0.25, 0.3) is 0 Å². The standard InChI is InChI=1S/C14H17NO3/c1-10(16)12-8-15(9-13(12)14(17)18)7-11-5-3-2-4-6-11/h2-6,12-13H,7-9H2,1H3,(H,17,18)/t12-,13-/m1/s1. The molecule has 2 atom stereocenters. The van der Waals surface area contributed by atoms with Gasteiger partial charge in [-0.15, -0.1) is 0 Å². The van der Waals surface area contributed by atoms with Gasteiger partial charge in [-0.05, 0) is 12.5 Å². The van der Waals surface area contributed by atoms with Crippen molar-refractivity contribution >= 4 is 11.8 Å². The molecule has 0 radical (unpaired) electrons. The zero-order valence-corrected chi connectivity index (χ0v) is 10.4. The Morgan fingerprint density at radius 1 is 1.22 bits per heavy atom. The van der Waals surface area contributed by atoms with Gasteiger partial charge in [0, 0.05) is 25.6 Å². The Bertz CT molecular complexity index is 422. The van der Waals surface area contributed by atoms with Crippen LogP contribution < -0.4 is 0 Å². The maximum absolute atomic E-state index is 11.5. The number of carboxylic acids is 1. The number of aliphatic carboxylic acids is 1. The summed E-state index contributed by atoms with van der Waals surface area (Å²) >= 11 is 0. The number of benzene rings is 1. The lowest BCUT2D eigenvalue weighted by molar-refractivity contribution is -0.144. The van der Waals surface area contributed by atoms with Crippen molar-refractivity contribution < 1.29 is 14.7 Å². The number of ketones is 1. The summed E-state index contributed by atoms with van der Waals surface area (Å²) < 4.78 is 0. The molecule has 0 saturated carbocycles. The molecule has 0 bridgehead atoms. The topological polar surface area (TPSA) is 57.6 Å². The zero-order chi connectivity index (χ0) is 13.1. The van der Waals surface area contributed by atoms with Crippen LogP contribution in [0.3, 0.4) is 0 Å². The van der Waals surface area contributed by atoms with Crippen molar-refractivity contribution in [1.82, 2.24) is 4.90 Å². The van der Waals surface area contributed by atoms with Crippen molar-refractivity contribution in [2.24, 2.45) is 11.8 Å². The summed E-state index contributed by atoms with van der Waals surface area (Å²) in [6.07, 6.45) is 0. The first kappa shape index (κ1) is 12.8. The van der Waals surface area contributed by atoms with Gasteiger partial charge in [-0.3, -0.25) is 14.5 Å². The number of Topliss-reactive ketones (excluding diaryl/α,β-unsaturated/α-hetero) is 1. The van der Waals surface area contributed by atoms with Crippen LogP contribution in [0.15, 0.2) is 30.3 Å². The fraction of sp³-hybridized carbons (Fsp3) is 0.429. The molecule has 1 N–H and O–H groups in total. The minimum Gasteiger partial charge on any atom is -0.481 e. The van der Waals surface area contributed by atoms with E-state index < -0.39 is 11.9 Å². The molecule has 18 heavy (non-hydrogen) atoms. The molecule has 1 aromatic rings. The fourth-order valence-corrected chi connectivity index (χ4v) is 2.52. The van der Waals surface area contributed by atoms with Crippen LogP contribution in [0.5, 0.6) is 0 Å². The minimum absolute atomic E-state index is 0.0297. The molecule has 1 saturated heterocycles. The summed E-state index contributed by atoms with van der Waals surface area (Å²) in [5.74, 6) is -1.83. The number of hydrogen-bond donors (Lipinski definition) is 1.